The first-order chi connectivity index (χ1) is 16.9. The maximum atomic E-state index is 12.6. The van der Waals surface area contributed by atoms with Gasteiger partial charge in [0.2, 0.25) is 5.91 Å². The van der Waals surface area contributed by atoms with Crippen LogP contribution in [-0.2, 0) is 4.79 Å². The van der Waals surface area contributed by atoms with Crippen molar-refractivity contribution in [3.63, 3.8) is 0 Å². The second kappa shape index (κ2) is 8.92. The predicted octanol–water partition coefficient (Wildman–Crippen LogP) is 4.62. The number of hydrogen-bond acceptors (Lipinski definition) is 7. The van der Waals surface area contributed by atoms with Crippen LogP contribution < -0.4 is 5.32 Å². The van der Waals surface area contributed by atoms with Crippen molar-refractivity contribution < 1.29 is 19.3 Å². The van der Waals surface area contributed by atoms with Gasteiger partial charge in [-0.05, 0) is 18.2 Å². The summed E-state index contributed by atoms with van der Waals surface area (Å²) in [7, 11) is 0. The van der Waals surface area contributed by atoms with E-state index in [0.29, 0.717) is 10.6 Å². The number of rotatable bonds is 6. The summed E-state index contributed by atoms with van der Waals surface area (Å²) in [5.41, 5.74) is 2.34. The fraction of sp³-hybridized carbons (Fsp3) is 0.0400. The molecule has 3 aromatic carbocycles. The van der Waals surface area contributed by atoms with Crippen molar-refractivity contribution >= 4 is 40.4 Å². The molecule has 10 heteroatoms. The molecule has 5 rings (SSSR count). The summed E-state index contributed by atoms with van der Waals surface area (Å²) in [5.74, 6) is -2.20. The average Bonchev–Trinajstić information content (AvgIpc) is 3.45. The number of carbonyl (C=O) groups excluding carboxylic acids is 3. The molecule has 0 aliphatic carbocycles. The Bertz CT molecular complexity index is 1480. The van der Waals surface area contributed by atoms with Gasteiger partial charge < -0.3 is 5.32 Å². The first-order valence-electron chi connectivity index (χ1n) is 10.5. The van der Waals surface area contributed by atoms with Gasteiger partial charge in [0.15, 0.2) is 0 Å². The molecule has 0 radical (unpaired) electrons. The molecule has 0 atom stereocenters. The maximum absolute atomic E-state index is 12.6. The molecule has 0 unspecified atom stereocenters. The number of imide groups is 1. The number of thiazole rings is 1. The Morgan fingerprint density at radius 2 is 1.69 bits per heavy atom. The Kier molecular flexibility index (Phi) is 5.63. The van der Waals surface area contributed by atoms with Crippen LogP contribution in [0.15, 0.2) is 78.2 Å². The van der Waals surface area contributed by atoms with E-state index in [-0.39, 0.29) is 11.1 Å². The van der Waals surface area contributed by atoms with E-state index in [1.54, 1.807) is 12.1 Å². The van der Waals surface area contributed by atoms with E-state index in [4.69, 9.17) is 0 Å². The van der Waals surface area contributed by atoms with Crippen molar-refractivity contribution in [3.8, 4) is 21.8 Å². The number of carbonyl (C=O) groups is 3. The van der Waals surface area contributed by atoms with Gasteiger partial charge in [0.25, 0.3) is 17.5 Å². The summed E-state index contributed by atoms with van der Waals surface area (Å²) in [6.07, 6.45) is 0. The van der Waals surface area contributed by atoms with E-state index >= 15 is 0 Å². The molecular formula is C25H16N4O5S. The third kappa shape index (κ3) is 4.18. The lowest BCUT2D eigenvalue weighted by molar-refractivity contribution is -0.385. The minimum Gasteiger partial charge on any atom is -0.325 e. The first-order valence-corrected chi connectivity index (χ1v) is 11.3. The molecule has 4 aromatic rings. The molecule has 0 saturated carbocycles. The fourth-order valence-electron chi connectivity index (χ4n) is 3.80. The molecule has 3 amide bonds. The van der Waals surface area contributed by atoms with E-state index in [2.05, 4.69) is 10.3 Å². The molecule has 1 aliphatic rings. The number of nitro benzene ring substituents is 1. The smallest absolute Gasteiger partial charge is 0.282 e. The van der Waals surface area contributed by atoms with Gasteiger partial charge in [0.05, 0.1) is 16.2 Å². The number of benzene rings is 3. The number of nitrogens with zero attached hydrogens (tertiary/aromatic N) is 3. The van der Waals surface area contributed by atoms with Crippen LogP contribution in [0.2, 0.25) is 0 Å². The van der Waals surface area contributed by atoms with Gasteiger partial charge in [-0.1, -0.05) is 48.5 Å². The maximum Gasteiger partial charge on any atom is 0.282 e. The largest absolute Gasteiger partial charge is 0.325 e. The molecule has 1 aliphatic heterocycles. The van der Waals surface area contributed by atoms with Crippen LogP contribution in [0.25, 0.3) is 21.8 Å². The second-order valence-corrected chi connectivity index (χ2v) is 8.54. The van der Waals surface area contributed by atoms with Crippen molar-refractivity contribution in [2.75, 3.05) is 11.9 Å². The third-order valence-corrected chi connectivity index (χ3v) is 6.36. The van der Waals surface area contributed by atoms with Crippen LogP contribution in [-0.4, -0.2) is 39.1 Å². The van der Waals surface area contributed by atoms with Gasteiger partial charge in [-0.3, -0.25) is 29.4 Å². The third-order valence-electron chi connectivity index (χ3n) is 5.46. The number of nitro groups is 1. The van der Waals surface area contributed by atoms with E-state index in [9.17, 15) is 24.5 Å². The summed E-state index contributed by atoms with van der Waals surface area (Å²) in [4.78, 5) is 53.6. The number of aromatic nitrogens is 1. The molecule has 1 aromatic heterocycles. The molecule has 1 N–H and O–H groups in total. The molecule has 172 valence electrons. The number of nitrogens with one attached hydrogen (secondary N) is 1. The summed E-state index contributed by atoms with van der Waals surface area (Å²) >= 11 is 1.54. The minimum absolute atomic E-state index is 0.0838. The molecule has 9 nitrogen and oxygen atoms in total. The van der Waals surface area contributed by atoms with Crippen molar-refractivity contribution in [2.45, 2.75) is 0 Å². The molecule has 35 heavy (non-hydrogen) atoms. The standard InChI is InChI=1S/C25H16N4O5S/c30-21(13-28-24(31)18-7-4-8-20(29(33)34)22(18)25(28)32)26-17-11-9-15(10-12-17)19-14-35-23(27-19)16-5-2-1-3-6-16/h1-12,14H,13H2,(H,26,30). The van der Waals surface area contributed by atoms with E-state index < -0.39 is 34.9 Å². The normalized spacial score (nSPS) is 12.5. The highest BCUT2D eigenvalue weighted by atomic mass is 32.1. The number of hydrogen-bond donors (Lipinski definition) is 1. The number of anilines is 1. The van der Waals surface area contributed by atoms with Gasteiger partial charge >= 0.3 is 0 Å². The fourth-order valence-corrected chi connectivity index (χ4v) is 4.63. The molecule has 0 saturated heterocycles. The Balaban J connectivity index is 1.26. The van der Waals surface area contributed by atoms with Crippen molar-refractivity contribution in [2.24, 2.45) is 0 Å². The van der Waals surface area contributed by atoms with Crippen LogP contribution in [0.3, 0.4) is 0 Å². The van der Waals surface area contributed by atoms with Gasteiger partial charge in [0, 0.05) is 28.3 Å². The predicted molar refractivity (Wildman–Crippen MR) is 130 cm³/mol. The van der Waals surface area contributed by atoms with Crippen LogP contribution in [0.4, 0.5) is 11.4 Å². The summed E-state index contributed by atoms with van der Waals surface area (Å²) in [6, 6.07) is 20.7. The average molecular weight is 484 g/mol. The van der Waals surface area contributed by atoms with E-state index in [1.807, 2.05) is 47.8 Å². The monoisotopic (exact) mass is 484 g/mol. The van der Waals surface area contributed by atoms with Crippen LogP contribution in [0, 0.1) is 10.1 Å². The molecular weight excluding hydrogens is 468 g/mol. The molecule has 0 spiro atoms. The number of fused-ring (bicyclic) bond motifs is 1. The lowest BCUT2D eigenvalue weighted by Gasteiger charge is -2.13. The summed E-state index contributed by atoms with van der Waals surface area (Å²) in [6.45, 7) is -0.558. The molecule has 0 bridgehead atoms. The van der Waals surface area contributed by atoms with E-state index in [1.165, 1.54) is 23.5 Å². The van der Waals surface area contributed by atoms with Gasteiger partial charge in [-0.2, -0.15) is 0 Å². The summed E-state index contributed by atoms with van der Waals surface area (Å²) in [5, 5.41) is 16.7. The van der Waals surface area contributed by atoms with Crippen LogP contribution >= 0.6 is 11.3 Å². The topological polar surface area (TPSA) is 123 Å². The highest BCUT2D eigenvalue weighted by Gasteiger charge is 2.41. The lowest BCUT2D eigenvalue weighted by atomic mass is 10.1. The van der Waals surface area contributed by atoms with Crippen LogP contribution in [0.1, 0.15) is 20.7 Å². The Hall–Kier alpha value is -4.70. The van der Waals surface area contributed by atoms with Crippen molar-refractivity contribution in [1.82, 2.24) is 9.88 Å². The first kappa shape index (κ1) is 22.1. The SMILES string of the molecule is O=C(CN1C(=O)c2cccc([N+](=O)[O-])c2C1=O)Nc1ccc(-c2csc(-c3ccccc3)n2)cc1. The lowest BCUT2D eigenvalue weighted by Crippen LogP contribution is -2.37. The Morgan fingerprint density at radius 1 is 0.943 bits per heavy atom. The Labute approximate surface area is 202 Å². The van der Waals surface area contributed by atoms with Crippen molar-refractivity contribution in [3.05, 3.63) is 99.4 Å². The van der Waals surface area contributed by atoms with Crippen molar-refractivity contribution in [1.29, 1.82) is 0 Å². The zero-order valence-corrected chi connectivity index (χ0v) is 18.8. The highest BCUT2D eigenvalue weighted by Crippen LogP contribution is 2.31. The molecule has 2 heterocycles. The summed E-state index contributed by atoms with van der Waals surface area (Å²) < 4.78 is 0. The zero-order valence-electron chi connectivity index (χ0n) is 18.0. The number of amides is 3. The van der Waals surface area contributed by atoms with Gasteiger partial charge in [0.1, 0.15) is 17.1 Å². The van der Waals surface area contributed by atoms with Gasteiger partial charge in [-0.15, -0.1) is 11.3 Å². The van der Waals surface area contributed by atoms with Crippen LogP contribution in [0.5, 0.6) is 0 Å². The molecule has 0 fully saturated rings. The second-order valence-electron chi connectivity index (χ2n) is 7.68. The van der Waals surface area contributed by atoms with Gasteiger partial charge in [-0.25, -0.2) is 4.98 Å². The van der Waals surface area contributed by atoms with E-state index in [0.717, 1.165) is 27.9 Å². The minimum atomic E-state index is -0.861. The highest BCUT2D eigenvalue weighted by molar-refractivity contribution is 7.13. The zero-order chi connectivity index (χ0) is 24.5. The Morgan fingerprint density at radius 3 is 2.40 bits per heavy atom. The quantitative estimate of drug-likeness (QED) is 0.242.